The van der Waals surface area contributed by atoms with Crippen LogP contribution in [0.2, 0.25) is 0 Å². The highest BCUT2D eigenvalue weighted by Gasteiger charge is 2.23. The molecule has 3 heterocycles. The number of aliphatic imine (C=N–C) groups is 1. The molecular weight excluding hydrogens is 501 g/mol. The minimum Gasteiger partial charge on any atom is -0.364 e. The molecule has 2 aliphatic rings. The Bertz CT molecular complexity index is 893. The monoisotopic (exact) mass is 535 g/mol. The van der Waals surface area contributed by atoms with Crippen LogP contribution in [0.3, 0.4) is 0 Å². The van der Waals surface area contributed by atoms with Crippen molar-refractivity contribution in [3.8, 4) is 0 Å². The maximum Gasteiger partial charge on any atom is 0.191 e. The number of hydrogen-bond donors (Lipinski definition) is 2. The smallest absolute Gasteiger partial charge is 0.191 e. The van der Waals surface area contributed by atoms with Gasteiger partial charge in [-0.1, -0.05) is 38.1 Å². The van der Waals surface area contributed by atoms with Gasteiger partial charge in [-0.2, -0.15) is 5.10 Å². The van der Waals surface area contributed by atoms with Crippen LogP contribution in [-0.2, 0) is 19.5 Å². The number of aryl methyl sites for hydroxylation is 1. The van der Waals surface area contributed by atoms with Crippen LogP contribution in [0.4, 0.5) is 5.69 Å². The summed E-state index contributed by atoms with van der Waals surface area (Å²) in [6.45, 7) is 10.7. The number of fused-ring (bicyclic) bond motifs is 1. The molecule has 0 radical (unpaired) electrons. The fraction of sp³-hybridized carbons (Fsp3) is 0.522. The summed E-state index contributed by atoms with van der Waals surface area (Å²) in [6.07, 6.45) is 6.41. The molecule has 1 unspecified atom stereocenters. The third-order valence-corrected chi connectivity index (χ3v) is 5.62. The highest BCUT2D eigenvalue weighted by molar-refractivity contribution is 14.0. The van der Waals surface area contributed by atoms with E-state index in [-0.39, 0.29) is 24.0 Å². The molecule has 0 saturated carbocycles. The normalized spacial score (nSPS) is 18.1. The lowest BCUT2D eigenvalue weighted by atomic mass is 10.1. The highest BCUT2D eigenvalue weighted by atomic mass is 127. The lowest BCUT2D eigenvalue weighted by Crippen LogP contribution is -2.47. The number of nitrogens with zero attached hydrogens (tertiary/aromatic N) is 5. The SMILES string of the molecule is CCNC(=NCc1ccc(N2CC=CC2)cc1)NC1CCc2nc(C(C)C)nn2C1.I. The number of benzene rings is 1. The van der Waals surface area contributed by atoms with Crippen molar-refractivity contribution >= 4 is 35.6 Å². The molecule has 1 aromatic heterocycles. The average Bonchev–Trinajstić information content (AvgIpc) is 3.42. The van der Waals surface area contributed by atoms with Crippen LogP contribution in [0, 0.1) is 0 Å². The van der Waals surface area contributed by atoms with Gasteiger partial charge in [0, 0.05) is 43.7 Å². The fourth-order valence-electron chi connectivity index (χ4n) is 3.88. The van der Waals surface area contributed by atoms with Crippen molar-refractivity contribution in [1.29, 1.82) is 0 Å². The quantitative estimate of drug-likeness (QED) is 0.257. The third-order valence-electron chi connectivity index (χ3n) is 5.62. The molecule has 0 spiro atoms. The molecule has 0 amide bonds. The van der Waals surface area contributed by atoms with Crippen molar-refractivity contribution in [3.05, 3.63) is 53.6 Å². The molecule has 8 heteroatoms. The van der Waals surface area contributed by atoms with Crippen LogP contribution in [0.25, 0.3) is 0 Å². The Labute approximate surface area is 202 Å². The van der Waals surface area contributed by atoms with E-state index in [4.69, 9.17) is 4.99 Å². The lowest BCUT2D eigenvalue weighted by Gasteiger charge is -2.25. The lowest BCUT2D eigenvalue weighted by molar-refractivity contribution is 0.391. The second-order valence-electron chi connectivity index (χ2n) is 8.34. The van der Waals surface area contributed by atoms with Gasteiger partial charge in [0.05, 0.1) is 13.1 Å². The first-order valence-corrected chi connectivity index (χ1v) is 11.1. The summed E-state index contributed by atoms with van der Waals surface area (Å²) in [5.41, 5.74) is 2.48. The van der Waals surface area contributed by atoms with Crippen LogP contribution in [0.5, 0.6) is 0 Å². The van der Waals surface area contributed by atoms with Crippen LogP contribution >= 0.6 is 24.0 Å². The number of guanidine groups is 1. The Balaban J connectivity index is 0.00000272. The van der Waals surface area contributed by atoms with E-state index in [1.165, 1.54) is 11.3 Å². The van der Waals surface area contributed by atoms with Crippen molar-refractivity contribution in [3.63, 3.8) is 0 Å². The van der Waals surface area contributed by atoms with E-state index in [1.807, 2.05) is 0 Å². The maximum absolute atomic E-state index is 4.82. The first kappa shape index (κ1) is 23.6. The minimum atomic E-state index is 0. The Hall–Kier alpha value is -2.10. The summed E-state index contributed by atoms with van der Waals surface area (Å²) in [5.74, 6) is 3.27. The van der Waals surface area contributed by atoms with E-state index in [0.29, 0.717) is 18.5 Å². The Kier molecular flexibility index (Phi) is 8.34. The van der Waals surface area contributed by atoms with E-state index in [2.05, 4.69) is 87.5 Å². The maximum atomic E-state index is 4.82. The van der Waals surface area contributed by atoms with E-state index >= 15 is 0 Å². The summed E-state index contributed by atoms with van der Waals surface area (Å²) < 4.78 is 2.06. The number of anilines is 1. The van der Waals surface area contributed by atoms with Gasteiger partial charge in [-0.05, 0) is 31.0 Å². The molecule has 1 atom stereocenters. The molecule has 2 N–H and O–H groups in total. The second-order valence-corrected chi connectivity index (χ2v) is 8.34. The molecule has 1 aromatic carbocycles. The van der Waals surface area contributed by atoms with Gasteiger partial charge >= 0.3 is 0 Å². The molecule has 0 fully saturated rings. The van der Waals surface area contributed by atoms with Crippen LogP contribution in [0.1, 0.15) is 50.3 Å². The number of rotatable bonds is 6. The standard InChI is InChI=1S/C23H33N7.HI/c1-4-24-23(25-15-18-7-10-20(11-8-18)29-13-5-6-14-29)26-19-9-12-21-27-22(17(2)3)28-30(21)16-19;/h5-8,10-11,17,19H,4,9,12-16H2,1-3H3,(H2,24,25,26);1H. The Morgan fingerprint density at radius 3 is 2.61 bits per heavy atom. The molecule has 4 rings (SSSR count). The molecule has 7 nitrogen and oxygen atoms in total. The largest absolute Gasteiger partial charge is 0.364 e. The van der Waals surface area contributed by atoms with E-state index < -0.39 is 0 Å². The van der Waals surface area contributed by atoms with Crippen LogP contribution < -0.4 is 15.5 Å². The molecule has 2 aliphatic heterocycles. The van der Waals surface area contributed by atoms with Gasteiger partial charge in [0.25, 0.3) is 0 Å². The zero-order valence-electron chi connectivity index (χ0n) is 18.7. The van der Waals surface area contributed by atoms with Gasteiger partial charge in [-0.15, -0.1) is 24.0 Å². The molecule has 31 heavy (non-hydrogen) atoms. The first-order valence-electron chi connectivity index (χ1n) is 11.1. The van der Waals surface area contributed by atoms with Crippen LogP contribution in [-0.4, -0.2) is 46.4 Å². The summed E-state index contributed by atoms with van der Waals surface area (Å²) in [7, 11) is 0. The number of aromatic nitrogens is 3. The zero-order chi connectivity index (χ0) is 20.9. The van der Waals surface area contributed by atoms with Crippen LogP contribution in [0.15, 0.2) is 41.4 Å². The number of halogens is 1. The number of hydrogen-bond acceptors (Lipinski definition) is 4. The predicted molar refractivity (Wildman–Crippen MR) is 137 cm³/mol. The molecule has 2 aromatic rings. The fourth-order valence-corrected chi connectivity index (χ4v) is 3.88. The molecule has 0 aliphatic carbocycles. The van der Waals surface area contributed by atoms with Gasteiger partial charge in [0.2, 0.25) is 0 Å². The van der Waals surface area contributed by atoms with E-state index in [1.54, 1.807) is 0 Å². The van der Waals surface area contributed by atoms with Gasteiger partial charge in [0.15, 0.2) is 11.8 Å². The summed E-state index contributed by atoms with van der Waals surface area (Å²) in [6, 6.07) is 9.05. The van der Waals surface area contributed by atoms with E-state index in [9.17, 15) is 0 Å². The van der Waals surface area contributed by atoms with Crippen molar-refractivity contribution < 1.29 is 0 Å². The molecular formula is C23H34IN7. The average molecular weight is 535 g/mol. The predicted octanol–water partition coefficient (Wildman–Crippen LogP) is 3.47. The molecule has 0 saturated heterocycles. The minimum absolute atomic E-state index is 0. The van der Waals surface area contributed by atoms with Crippen molar-refractivity contribution in [1.82, 2.24) is 25.4 Å². The number of nitrogens with one attached hydrogen (secondary N) is 2. The molecule has 168 valence electrons. The third kappa shape index (κ3) is 5.99. The summed E-state index contributed by atoms with van der Waals surface area (Å²) >= 11 is 0. The topological polar surface area (TPSA) is 70.4 Å². The Morgan fingerprint density at radius 2 is 1.94 bits per heavy atom. The van der Waals surface area contributed by atoms with Crippen molar-refractivity contribution in [2.75, 3.05) is 24.5 Å². The second kappa shape index (κ2) is 11.0. The van der Waals surface area contributed by atoms with Crippen molar-refractivity contribution in [2.24, 2.45) is 4.99 Å². The summed E-state index contributed by atoms with van der Waals surface area (Å²) in [5, 5.41) is 11.7. The van der Waals surface area contributed by atoms with Gasteiger partial charge in [-0.3, -0.25) is 0 Å². The Morgan fingerprint density at radius 1 is 1.19 bits per heavy atom. The van der Waals surface area contributed by atoms with Gasteiger partial charge in [0.1, 0.15) is 5.82 Å². The van der Waals surface area contributed by atoms with Gasteiger partial charge in [-0.25, -0.2) is 14.7 Å². The zero-order valence-corrected chi connectivity index (χ0v) is 21.0. The summed E-state index contributed by atoms with van der Waals surface area (Å²) in [4.78, 5) is 11.9. The van der Waals surface area contributed by atoms with Gasteiger partial charge < -0.3 is 15.5 Å². The van der Waals surface area contributed by atoms with E-state index in [0.717, 1.165) is 56.6 Å². The first-order chi connectivity index (χ1) is 14.6. The highest BCUT2D eigenvalue weighted by Crippen LogP contribution is 2.19. The van der Waals surface area contributed by atoms with Crippen molar-refractivity contribution in [2.45, 2.75) is 58.7 Å². The molecule has 0 bridgehead atoms.